The molecule has 0 N–H and O–H groups in total. The van der Waals surface area contributed by atoms with Gasteiger partial charge in [-0.2, -0.15) is 5.10 Å². The Kier molecular flexibility index (Phi) is 4.09. The summed E-state index contributed by atoms with van der Waals surface area (Å²) in [6, 6.07) is 8.22. The molecular formula is C19H22ClN3O. The Labute approximate surface area is 147 Å². The first kappa shape index (κ1) is 15.7. The van der Waals surface area contributed by atoms with Crippen molar-refractivity contribution in [3.63, 3.8) is 0 Å². The molecule has 1 saturated heterocycles. The van der Waals surface area contributed by atoms with Gasteiger partial charge in [-0.3, -0.25) is 9.48 Å². The number of rotatable bonds is 3. The monoisotopic (exact) mass is 343 g/mol. The van der Waals surface area contributed by atoms with Gasteiger partial charge in [-0.05, 0) is 55.4 Å². The van der Waals surface area contributed by atoms with E-state index in [2.05, 4.69) is 24.3 Å². The Hall–Kier alpha value is -1.81. The van der Waals surface area contributed by atoms with E-state index in [1.807, 2.05) is 34.0 Å². The second-order valence-corrected chi connectivity index (χ2v) is 7.52. The van der Waals surface area contributed by atoms with Crippen LogP contribution in [0.25, 0.3) is 0 Å². The molecule has 1 aliphatic carbocycles. The highest BCUT2D eigenvalue weighted by molar-refractivity contribution is 6.30. The number of benzene rings is 1. The van der Waals surface area contributed by atoms with Crippen molar-refractivity contribution in [2.75, 3.05) is 13.1 Å². The van der Waals surface area contributed by atoms with E-state index in [0.717, 1.165) is 37.4 Å². The van der Waals surface area contributed by atoms with Gasteiger partial charge in [0.2, 0.25) is 5.91 Å². The molecule has 0 bridgehead atoms. The second kappa shape index (κ2) is 6.25. The summed E-state index contributed by atoms with van der Waals surface area (Å²) in [6.07, 6.45) is 7.04. The quantitative estimate of drug-likeness (QED) is 0.849. The Bertz CT molecular complexity index is 757. The van der Waals surface area contributed by atoms with E-state index in [0.29, 0.717) is 17.9 Å². The van der Waals surface area contributed by atoms with Crippen LogP contribution in [-0.2, 0) is 4.79 Å². The fourth-order valence-electron chi connectivity index (χ4n) is 3.81. The summed E-state index contributed by atoms with van der Waals surface area (Å²) < 4.78 is 2.02. The summed E-state index contributed by atoms with van der Waals surface area (Å²) >= 11 is 6.08. The molecule has 2 heterocycles. The fraction of sp³-hybridized carbons (Fsp3) is 0.474. The molecule has 2 aromatic rings. The molecule has 4 nitrogen and oxygen atoms in total. The van der Waals surface area contributed by atoms with Crippen LogP contribution in [0.15, 0.2) is 36.7 Å². The van der Waals surface area contributed by atoms with Crippen LogP contribution in [0.2, 0.25) is 5.02 Å². The number of likely N-dealkylation sites (tertiary alicyclic amines) is 1. The predicted molar refractivity (Wildman–Crippen MR) is 94.1 cm³/mol. The normalized spacial score (nSPS) is 26.4. The van der Waals surface area contributed by atoms with Gasteiger partial charge < -0.3 is 4.90 Å². The molecule has 3 atom stereocenters. The lowest BCUT2D eigenvalue weighted by Crippen LogP contribution is -2.41. The highest BCUT2D eigenvalue weighted by Gasteiger charge is 2.46. The molecule has 126 valence electrons. The molecule has 1 aromatic carbocycles. The SMILES string of the molecule is Cc1cnn([C@@H]2CCCN(C(=O)[C@H]3C[C@H]3c3cccc(Cl)c3)C2)c1. The predicted octanol–water partition coefficient (Wildman–Crippen LogP) is 3.81. The van der Waals surface area contributed by atoms with Crippen molar-refractivity contribution in [1.82, 2.24) is 14.7 Å². The summed E-state index contributed by atoms with van der Waals surface area (Å²) in [5, 5.41) is 5.18. The average molecular weight is 344 g/mol. The van der Waals surface area contributed by atoms with Crippen molar-refractivity contribution in [1.29, 1.82) is 0 Å². The van der Waals surface area contributed by atoms with E-state index in [-0.39, 0.29) is 5.92 Å². The van der Waals surface area contributed by atoms with Crippen molar-refractivity contribution in [2.45, 2.75) is 38.1 Å². The molecule has 0 spiro atoms. The zero-order valence-electron chi connectivity index (χ0n) is 13.9. The Morgan fingerprint density at radius 3 is 3.00 bits per heavy atom. The fourth-order valence-corrected chi connectivity index (χ4v) is 4.01. The topological polar surface area (TPSA) is 38.1 Å². The maximum Gasteiger partial charge on any atom is 0.226 e. The lowest BCUT2D eigenvalue weighted by atomic mass is 10.0. The first-order valence-corrected chi connectivity index (χ1v) is 9.04. The lowest BCUT2D eigenvalue weighted by Gasteiger charge is -2.33. The number of piperidine rings is 1. The van der Waals surface area contributed by atoms with Crippen LogP contribution >= 0.6 is 11.6 Å². The van der Waals surface area contributed by atoms with E-state index in [1.54, 1.807) is 0 Å². The summed E-state index contributed by atoms with van der Waals surface area (Å²) in [5.41, 5.74) is 2.36. The number of carbonyl (C=O) groups is 1. The third-order valence-corrected chi connectivity index (χ3v) is 5.43. The highest BCUT2D eigenvalue weighted by atomic mass is 35.5. The number of nitrogens with zero attached hydrogens (tertiary/aromatic N) is 3. The van der Waals surface area contributed by atoms with Crippen LogP contribution in [0.3, 0.4) is 0 Å². The summed E-state index contributed by atoms with van der Waals surface area (Å²) in [6.45, 7) is 3.70. The maximum atomic E-state index is 12.9. The first-order chi connectivity index (χ1) is 11.6. The zero-order valence-corrected chi connectivity index (χ0v) is 14.6. The maximum absolute atomic E-state index is 12.9. The average Bonchev–Trinajstić information content (AvgIpc) is 3.28. The van der Waals surface area contributed by atoms with Crippen molar-refractivity contribution in [3.8, 4) is 0 Å². The number of halogens is 1. The summed E-state index contributed by atoms with van der Waals surface area (Å²) in [7, 11) is 0. The number of carbonyl (C=O) groups excluding carboxylic acids is 1. The molecule has 0 unspecified atom stereocenters. The van der Waals surface area contributed by atoms with Crippen molar-refractivity contribution in [3.05, 3.63) is 52.8 Å². The van der Waals surface area contributed by atoms with Gasteiger partial charge in [0.25, 0.3) is 0 Å². The molecule has 1 saturated carbocycles. The molecule has 1 aromatic heterocycles. The minimum absolute atomic E-state index is 0.126. The lowest BCUT2D eigenvalue weighted by molar-refractivity contribution is -0.134. The first-order valence-electron chi connectivity index (χ1n) is 8.67. The third kappa shape index (κ3) is 3.07. The van der Waals surface area contributed by atoms with Crippen LogP contribution in [0, 0.1) is 12.8 Å². The van der Waals surface area contributed by atoms with E-state index < -0.39 is 0 Å². The van der Waals surface area contributed by atoms with Gasteiger partial charge in [-0.15, -0.1) is 0 Å². The number of aromatic nitrogens is 2. The Morgan fingerprint density at radius 2 is 2.25 bits per heavy atom. The second-order valence-electron chi connectivity index (χ2n) is 7.08. The van der Waals surface area contributed by atoms with E-state index in [4.69, 9.17) is 11.6 Å². The molecule has 2 aliphatic rings. The van der Waals surface area contributed by atoms with Crippen LogP contribution in [0.5, 0.6) is 0 Å². The van der Waals surface area contributed by atoms with Gasteiger partial charge in [0, 0.05) is 30.2 Å². The summed E-state index contributed by atoms with van der Waals surface area (Å²) in [4.78, 5) is 14.9. The minimum Gasteiger partial charge on any atom is -0.340 e. The van der Waals surface area contributed by atoms with E-state index in [1.165, 1.54) is 11.1 Å². The van der Waals surface area contributed by atoms with Crippen LogP contribution < -0.4 is 0 Å². The van der Waals surface area contributed by atoms with E-state index in [9.17, 15) is 4.79 Å². The molecule has 2 fully saturated rings. The number of amides is 1. The standard InChI is InChI=1S/C19H22ClN3O/c1-13-10-21-23(11-13)16-6-3-7-22(12-16)19(24)18-9-17(18)14-4-2-5-15(20)8-14/h2,4-5,8,10-11,16-18H,3,6-7,9,12H2,1H3/t16-,17+,18+/m1/s1. The molecule has 4 rings (SSSR count). The Balaban J connectivity index is 1.42. The van der Waals surface area contributed by atoms with Gasteiger partial charge in [0.05, 0.1) is 12.2 Å². The number of aryl methyl sites for hydroxylation is 1. The molecular weight excluding hydrogens is 322 g/mol. The van der Waals surface area contributed by atoms with Crippen molar-refractivity contribution in [2.24, 2.45) is 5.92 Å². The third-order valence-electron chi connectivity index (χ3n) is 5.20. The van der Waals surface area contributed by atoms with Gasteiger partial charge in [-0.1, -0.05) is 23.7 Å². The van der Waals surface area contributed by atoms with Crippen molar-refractivity contribution < 1.29 is 4.79 Å². The number of hydrogen-bond donors (Lipinski definition) is 0. The molecule has 24 heavy (non-hydrogen) atoms. The highest BCUT2D eigenvalue weighted by Crippen LogP contribution is 2.49. The number of hydrogen-bond acceptors (Lipinski definition) is 2. The molecule has 1 aliphatic heterocycles. The smallest absolute Gasteiger partial charge is 0.226 e. The van der Waals surface area contributed by atoms with Crippen molar-refractivity contribution >= 4 is 17.5 Å². The largest absolute Gasteiger partial charge is 0.340 e. The van der Waals surface area contributed by atoms with Gasteiger partial charge in [0.15, 0.2) is 0 Å². The van der Waals surface area contributed by atoms with Gasteiger partial charge in [0.1, 0.15) is 0 Å². The minimum atomic E-state index is 0.126. The van der Waals surface area contributed by atoms with E-state index >= 15 is 0 Å². The van der Waals surface area contributed by atoms with Gasteiger partial charge in [-0.25, -0.2) is 0 Å². The molecule has 5 heteroatoms. The molecule has 1 amide bonds. The van der Waals surface area contributed by atoms with Crippen LogP contribution in [0.4, 0.5) is 0 Å². The van der Waals surface area contributed by atoms with Crippen LogP contribution in [-0.4, -0.2) is 33.7 Å². The van der Waals surface area contributed by atoms with Gasteiger partial charge >= 0.3 is 0 Å². The Morgan fingerprint density at radius 1 is 1.38 bits per heavy atom. The summed E-state index contributed by atoms with van der Waals surface area (Å²) in [5.74, 6) is 0.763. The van der Waals surface area contributed by atoms with Crippen LogP contribution in [0.1, 0.15) is 42.3 Å². The zero-order chi connectivity index (χ0) is 16.7. The molecule has 0 radical (unpaired) electrons.